The van der Waals surface area contributed by atoms with Crippen LogP contribution in [0, 0.1) is 0 Å². The highest BCUT2D eigenvalue weighted by molar-refractivity contribution is 6.32. The zero-order valence-corrected chi connectivity index (χ0v) is 12.7. The summed E-state index contributed by atoms with van der Waals surface area (Å²) >= 11 is 6.07. The molecule has 1 fully saturated rings. The summed E-state index contributed by atoms with van der Waals surface area (Å²) in [4.78, 5) is 10.5. The summed E-state index contributed by atoms with van der Waals surface area (Å²) in [5.41, 5.74) is 0.768. The number of hydrogen-bond acceptors (Lipinski definition) is 6. The van der Waals surface area contributed by atoms with Gasteiger partial charge in [0.05, 0.1) is 19.3 Å². The van der Waals surface area contributed by atoms with Crippen molar-refractivity contribution in [2.45, 2.75) is 19.4 Å². The van der Waals surface area contributed by atoms with Crippen molar-refractivity contribution < 1.29 is 9.47 Å². The van der Waals surface area contributed by atoms with Gasteiger partial charge in [-0.3, -0.25) is 0 Å². The number of nitrogens with zero attached hydrogens (tertiary/aromatic N) is 3. The topological polar surface area (TPSA) is 59.5 Å². The van der Waals surface area contributed by atoms with E-state index in [0.29, 0.717) is 18.4 Å². The van der Waals surface area contributed by atoms with Crippen LogP contribution in [-0.4, -0.2) is 56.0 Å². The summed E-state index contributed by atoms with van der Waals surface area (Å²) in [7, 11) is 1.82. The second-order valence-corrected chi connectivity index (χ2v) is 4.90. The van der Waals surface area contributed by atoms with Gasteiger partial charge in [0.25, 0.3) is 0 Å². The number of nitrogens with one attached hydrogen (secondary N) is 1. The Labute approximate surface area is 124 Å². The molecule has 20 heavy (non-hydrogen) atoms. The van der Waals surface area contributed by atoms with Crippen LogP contribution in [0.5, 0.6) is 0 Å². The standard InChI is InChI=1S/C13H21ClN4O2/c1-3-19-6-7-20-10-4-5-18(8-10)13-11(15-2)12(14)16-9-17-13/h9-10,15H,3-8H2,1-2H3/t10-/m0/s1. The molecule has 0 aromatic carbocycles. The van der Waals surface area contributed by atoms with E-state index in [1.165, 1.54) is 6.33 Å². The first kappa shape index (κ1) is 15.3. The summed E-state index contributed by atoms with van der Waals surface area (Å²) in [6.45, 7) is 5.71. The van der Waals surface area contributed by atoms with Gasteiger partial charge in [-0.2, -0.15) is 0 Å². The summed E-state index contributed by atoms with van der Waals surface area (Å²) in [5, 5.41) is 3.50. The molecule has 0 spiro atoms. The van der Waals surface area contributed by atoms with Crippen LogP contribution in [0.15, 0.2) is 6.33 Å². The molecule has 0 saturated carbocycles. The van der Waals surface area contributed by atoms with Gasteiger partial charge < -0.3 is 19.7 Å². The van der Waals surface area contributed by atoms with E-state index in [1.54, 1.807) is 0 Å². The Morgan fingerprint density at radius 3 is 3.05 bits per heavy atom. The molecule has 2 rings (SSSR count). The Bertz CT molecular complexity index is 433. The second-order valence-electron chi connectivity index (χ2n) is 4.54. The summed E-state index contributed by atoms with van der Waals surface area (Å²) in [6, 6.07) is 0. The van der Waals surface area contributed by atoms with Crippen LogP contribution >= 0.6 is 11.6 Å². The van der Waals surface area contributed by atoms with E-state index in [-0.39, 0.29) is 6.10 Å². The molecule has 1 aromatic rings. The van der Waals surface area contributed by atoms with Crippen molar-refractivity contribution in [3.8, 4) is 0 Å². The van der Waals surface area contributed by atoms with Gasteiger partial charge in [-0.15, -0.1) is 0 Å². The summed E-state index contributed by atoms with van der Waals surface area (Å²) in [6.07, 6.45) is 2.69. The van der Waals surface area contributed by atoms with Crippen LogP contribution in [-0.2, 0) is 9.47 Å². The zero-order chi connectivity index (χ0) is 14.4. The molecule has 1 N–H and O–H groups in total. The van der Waals surface area contributed by atoms with Gasteiger partial charge in [0.1, 0.15) is 12.0 Å². The lowest BCUT2D eigenvalue weighted by atomic mass is 10.3. The molecule has 1 aliphatic heterocycles. The van der Waals surface area contributed by atoms with Crippen molar-refractivity contribution in [2.24, 2.45) is 0 Å². The SMILES string of the molecule is CCOCCO[C@H]1CCN(c2ncnc(Cl)c2NC)C1. The van der Waals surface area contributed by atoms with Crippen LogP contribution in [0.2, 0.25) is 5.15 Å². The molecule has 1 atom stereocenters. The molecule has 1 aliphatic rings. The van der Waals surface area contributed by atoms with Gasteiger partial charge >= 0.3 is 0 Å². The van der Waals surface area contributed by atoms with Crippen LogP contribution in [0.3, 0.4) is 0 Å². The fraction of sp³-hybridized carbons (Fsp3) is 0.692. The van der Waals surface area contributed by atoms with Crippen LogP contribution in [0.25, 0.3) is 0 Å². The van der Waals surface area contributed by atoms with Crippen molar-refractivity contribution in [1.82, 2.24) is 9.97 Å². The molecule has 0 amide bonds. The molecule has 0 bridgehead atoms. The molecule has 7 heteroatoms. The van der Waals surface area contributed by atoms with Crippen molar-refractivity contribution in [3.05, 3.63) is 11.5 Å². The molecule has 0 aliphatic carbocycles. The van der Waals surface area contributed by atoms with Crippen LogP contribution < -0.4 is 10.2 Å². The maximum atomic E-state index is 6.07. The number of halogens is 1. The van der Waals surface area contributed by atoms with E-state index in [0.717, 1.165) is 37.6 Å². The Kier molecular flexibility index (Phi) is 5.82. The normalized spacial score (nSPS) is 18.6. The monoisotopic (exact) mass is 300 g/mol. The fourth-order valence-corrected chi connectivity index (χ4v) is 2.51. The quantitative estimate of drug-likeness (QED) is 0.612. The lowest BCUT2D eigenvalue weighted by molar-refractivity contribution is 0.0169. The molecular weight excluding hydrogens is 280 g/mol. The number of aromatic nitrogens is 2. The smallest absolute Gasteiger partial charge is 0.157 e. The predicted octanol–water partition coefficient (Wildman–Crippen LogP) is 1.80. The Hall–Kier alpha value is -1.11. The minimum Gasteiger partial charge on any atom is -0.383 e. The van der Waals surface area contributed by atoms with Crippen molar-refractivity contribution in [1.29, 1.82) is 0 Å². The van der Waals surface area contributed by atoms with Gasteiger partial charge in [0.15, 0.2) is 11.0 Å². The lowest BCUT2D eigenvalue weighted by Gasteiger charge is -2.20. The highest BCUT2D eigenvalue weighted by Gasteiger charge is 2.26. The van der Waals surface area contributed by atoms with E-state index < -0.39 is 0 Å². The molecule has 0 radical (unpaired) electrons. The third-order valence-corrected chi connectivity index (χ3v) is 3.55. The van der Waals surface area contributed by atoms with Crippen LogP contribution in [0.4, 0.5) is 11.5 Å². The third-order valence-electron chi connectivity index (χ3n) is 3.26. The van der Waals surface area contributed by atoms with Gasteiger partial charge in [0.2, 0.25) is 0 Å². The highest BCUT2D eigenvalue weighted by Crippen LogP contribution is 2.31. The first-order chi connectivity index (χ1) is 9.76. The van der Waals surface area contributed by atoms with Crippen molar-refractivity contribution in [2.75, 3.05) is 50.2 Å². The van der Waals surface area contributed by atoms with Crippen molar-refractivity contribution >= 4 is 23.1 Å². The Balaban J connectivity index is 1.91. The molecule has 0 unspecified atom stereocenters. The third kappa shape index (κ3) is 3.71. The largest absolute Gasteiger partial charge is 0.383 e. The van der Waals surface area contributed by atoms with E-state index in [9.17, 15) is 0 Å². The number of ether oxygens (including phenoxy) is 2. The Morgan fingerprint density at radius 2 is 2.30 bits per heavy atom. The maximum Gasteiger partial charge on any atom is 0.157 e. The molecule has 1 aromatic heterocycles. The fourth-order valence-electron chi connectivity index (χ4n) is 2.28. The zero-order valence-electron chi connectivity index (χ0n) is 11.9. The molecule has 2 heterocycles. The summed E-state index contributed by atoms with van der Waals surface area (Å²) in [5.74, 6) is 0.836. The number of rotatable bonds is 7. The number of anilines is 2. The molecule has 112 valence electrons. The van der Waals surface area contributed by atoms with Gasteiger partial charge in [-0.1, -0.05) is 11.6 Å². The summed E-state index contributed by atoms with van der Waals surface area (Å²) < 4.78 is 11.1. The minimum atomic E-state index is 0.217. The highest BCUT2D eigenvalue weighted by atomic mass is 35.5. The lowest BCUT2D eigenvalue weighted by Crippen LogP contribution is -2.25. The van der Waals surface area contributed by atoms with E-state index in [2.05, 4.69) is 20.2 Å². The molecule has 6 nitrogen and oxygen atoms in total. The molecular formula is C13H21ClN4O2. The van der Waals surface area contributed by atoms with Crippen LogP contribution in [0.1, 0.15) is 13.3 Å². The van der Waals surface area contributed by atoms with E-state index in [1.807, 2.05) is 14.0 Å². The first-order valence-electron chi connectivity index (χ1n) is 6.88. The number of hydrogen-bond donors (Lipinski definition) is 1. The average molecular weight is 301 g/mol. The predicted molar refractivity (Wildman–Crippen MR) is 79.7 cm³/mol. The first-order valence-corrected chi connectivity index (χ1v) is 7.26. The van der Waals surface area contributed by atoms with E-state index >= 15 is 0 Å². The second kappa shape index (κ2) is 7.61. The van der Waals surface area contributed by atoms with Crippen molar-refractivity contribution in [3.63, 3.8) is 0 Å². The maximum absolute atomic E-state index is 6.07. The average Bonchev–Trinajstić information content (AvgIpc) is 2.92. The molecule has 1 saturated heterocycles. The van der Waals surface area contributed by atoms with E-state index in [4.69, 9.17) is 21.1 Å². The van der Waals surface area contributed by atoms with Gasteiger partial charge in [-0.25, -0.2) is 9.97 Å². The van der Waals surface area contributed by atoms with Gasteiger partial charge in [0, 0.05) is 26.7 Å². The Morgan fingerprint density at radius 1 is 1.45 bits per heavy atom. The van der Waals surface area contributed by atoms with Gasteiger partial charge in [-0.05, 0) is 13.3 Å². The minimum absolute atomic E-state index is 0.217.